The second-order valence-corrected chi connectivity index (χ2v) is 10.2. The number of nitrogens with one attached hydrogen (secondary N) is 2. The van der Waals surface area contributed by atoms with Gasteiger partial charge in [0.1, 0.15) is 11.6 Å². The minimum atomic E-state index is -0.810. The molecule has 0 spiro atoms. The van der Waals surface area contributed by atoms with E-state index in [-0.39, 0.29) is 29.9 Å². The molecule has 1 fully saturated rings. The first kappa shape index (κ1) is 26.4. The van der Waals surface area contributed by atoms with E-state index in [0.29, 0.717) is 43.7 Å². The number of hydrogen-bond acceptors (Lipinski definition) is 5. The van der Waals surface area contributed by atoms with Crippen molar-refractivity contribution in [2.75, 3.05) is 13.1 Å². The van der Waals surface area contributed by atoms with Crippen LogP contribution in [0.1, 0.15) is 70.4 Å². The molecule has 2 aromatic rings. The summed E-state index contributed by atoms with van der Waals surface area (Å²) in [5.41, 5.74) is 0.596. The van der Waals surface area contributed by atoms with Crippen LogP contribution in [0.3, 0.4) is 0 Å². The number of rotatable bonds is 9. The number of fused-ring (bicyclic) bond motifs is 1. The Bertz CT molecular complexity index is 1030. The van der Waals surface area contributed by atoms with Gasteiger partial charge in [-0.25, -0.2) is 0 Å². The van der Waals surface area contributed by atoms with E-state index < -0.39 is 23.9 Å². The Morgan fingerprint density at radius 1 is 1.11 bits per heavy atom. The molecule has 0 bridgehead atoms. The summed E-state index contributed by atoms with van der Waals surface area (Å²) in [5.74, 6) is -0.386. The van der Waals surface area contributed by atoms with Crippen LogP contribution in [0.2, 0.25) is 0 Å². The number of ketones is 1. The number of furan rings is 1. The molecule has 2 atom stereocenters. The maximum atomic E-state index is 13.1. The maximum absolute atomic E-state index is 13.1. The van der Waals surface area contributed by atoms with E-state index in [1.807, 2.05) is 32.0 Å². The molecule has 1 aromatic heterocycles. The smallest absolute Gasteiger partial charge is 0.287 e. The molecule has 190 valence electrons. The number of hydrogen-bond donors (Lipinski definition) is 2. The van der Waals surface area contributed by atoms with Crippen molar-refractivity contribution in [1.82, 2.24) is 15.5 Å². The predicted molar refractivity (Wildman–Crippen MR) is 134 cm³/mol. The van der Waals surface area contributed by atoms with Gasteiger partial charge in [0, 0.05) is 18.4 Å². The molecule has 1 aliphatic heterocycles. The highest BCUT2D eigenvalue weighted by Crippen LogP contribution is 2.19. The van der Waals surface area contributed by atoms with E-state index in [0.717, 1.165) is 11.8 Å². The molecule has 3 rings (SSSR count). The number of Topliss-reactive ketones (excluding diaryl/α,β-unsaturated/α-hetero) is 1. The van der Waals surface area contributed by atoms with Crippen LogP contribution < -0.4 is 10.6 Å². The molecule has 35 heavy (non-hydrogen) atoms. The molecule has 1 aliphatic rings. The van der Waals surface area contributed by atoms with Crippen LogP contribution in [-0.2, 0) is 14.4 Å². The molecule has 0 unspecified atom stereocenters. The lowest BCUT2D eigenvalue weighted by Gasteiger charge is -2.23. The van der Waals surface area contributed by atoms with Crippen molar-refractivity contribution in [2.24, 2.45) is 11.8 Å². The highest BCUT2D eigenvalue weighted by Gasteiger charge is 2.31. The molecular weight excluding hydrogens is 446 g/mol. The van der Waals surface area contributed by atoms with E-state index in [4.69, 9.17) is 4.42 Å². The maximum Gasteiger partial charge on any atom is 0.287 e. The molecule has 8 heteroatoms. The van der Waals surface area contributed by atoms with Crippen molar-refractivity contribution < 1.29 is 23.6 Å². The quantitative estimate of drug-likeness (QED) is 0.565. The van der Waals surface area contributed by atoms with Gasteiger partial charge in [-0.2, -0.15) is 0 Å². The van der Waals surface area contributed by atoms with Crippen molar-refractivity contribution in [3.05, 3.63) is 36.1 Å². The molecule has 0 saturated carbocycles. The predicted octanol–water partition coefficient (Wildman–Crippen LogP) is 3.69. The lowest BCUT2D eigenvalue weighted by molar-refractivity contribution is -0.135. The van der Waals surface area contributed by atoms with Crippen LogP contribution in [0.4, 0.5) is 0 Å². The monoisotopic (exact) mass is 483 g/mol. The Morgan fingerprint density at radius 3 is 2.54 bits per heavy atom. The first-order valence-electron chi connectivity index (χ1n) is 12.5. The van der Waals surface area contributed by atoms with Crippen LogP contribution in [-0.4, -0.2) is 53.6 Å². The van der Waals surface area contributed by atoms with Gasteiger partial charge in [0.25, 0.3) is 5.91 Å². The van der Waals surface area contributed by atoms with Crippen LogP contribution in [0.5, 0.6) is 0 Å². The van der Waals surface area contributed by atoms with Crippen molar-refractivity contribution in [3.63, 3.8) is 0 Å². The minimum absolute atomic E-state index is 0.00205. The van der Waals surface area contributed by atoms with Crippen molar-refractivity contribution >= 4 is 34.5 Å². The topological polar surface area (TPSA) is 109 Å². The lowest BCUT2D eigenvalue weighted by Crippen LogP contribution is -2.52. The van der Waals surface area contributed by atoms with Gasteiger partial charge in [0.2, 0.25) is 11.8 Å². The number of benzene rings is 1. The summed E-state index contributed by atoms with van der Waals surface area (Å²) in [6.45, 7) is 8.56. The highest BCUT2D eigenvalue weighted by atomic mass is 16.3. The van der Waals surface area contributed by atoms with E-state index in [1.165, 1.54) is 0 Å². The number of carbonyl (C=O) groups is 4. The number of carbonyl (C=O) groups excluding carboxylic acids is 4. The Labute approximate surface area is 206 Å². The SMILES string of the molecule is CC(C)CCC(=O)N1CCC[C@H](NC(=O)[C@H](CC(C)C)NC(=O)c2cc3ccccc3o2)C(=O)C1. The normalized spacial score (nSPS) is 17.5. The number of amides is 3. The molecule has 8 nitrogen and oxygen atoms in total. The summed E-state index contributed by atoms with van der Waals surface area (Å²) in [7, 11) is 0. The van der Waals surface area contributed by atoms with Gasteiger partial charge < -0.3 is 20.0 Å². The van der Waals surface area contributed by atoms with E-state index in [1.54, 1.807) is 17.0 Å². The fourth-order valence-electron chi connectivity index (χ4n) is 4.26. The summed E-state index contributed by atoms with van der Waals surface area (Å²) in [5, 5.41) is 6.42. The zero-order valence-electron chi connectivity index (χ0n) is 21.1. The largest absolute Gasteiger partial charge is 0.451 e. The highest BCUT2D eigenvalue weighted by molar-refractivity contribution is 5.99. The molecule has 2 N–H and O–H groups in total. The summed E-state index contributed by atoms with van der Waals surface area (Å²) in [4.78, 5) is 53.0. The van der Waals surface area contributed by atoms with Crippen LogP contribution in [0.25, 0.3) is 11.0 Å². The van der Waals surface area contributed by atoms with Gasteiger partial charge in [-0.3, -0.25) is 19.2 Å². The third kappa shape index (κ3) is 7.41. The summed E-state index contributed by atoms with van der Waals surface area (Å²) in [6, 6.07) is 7.47. The number of likely N-dealkylation sites (tertiary alicyclic amines) is 1. The third-order valence-corrected chi connectivity index (χ3v) is 6.24. The fraction of sp³-hybridized carbons (Fsp3) is 0.556. The third-order valence-electron chi connectivity index (χ3n) is 6.24. The summed E-state index contributed by atoms with van der Waals surface area (Å²) < 4.78 is 5.63. The molecule has 1 saturated heterocycles. The first-order chi connectivity index (χ1) is 16.6. The molecule has 0 aliphatic carbocycles. The average molecular weight is 484 g/mol. The van der Waals surface area contributed by atoms with Crippen molar-refractivity contribution in [1.29, 1.82) is 0 Å². The lowest BCUT2D eigenvalue weighted by atomic mass is 10.0. The van der Waals surface area contributed by atoms with E-state index >= 15 is 0 Å². The molecule has 0 radical (unpaired) electrons. The summed E-state index contributed by atoms with van der Waals surface area (Å²) in [6.07, 6.45) is 2.71. The molecule has 3 amide bonds. The minimum Gasteiger partial charge on any atom is -0.451 e. The van der Waals surface area contributed by atoms with Crippen LogP contribution in [0, 0.1) is 11.8 Å². The van der Waals surface area contributed by atoms with Crippen LogP contribution in [0.15, 0.2) is 34.7 Å². The van der Waals surface area contributed by atoms with Gasteiger partial charge in [-0.15, -0.1) is 0 Å². The van der Waals surface area contributed by atoms with Crippen molar-refractivity contribution in [2.45, 2.75) is 71.9 Å². The summed E-state index contributed by atoms with van der Waals surface area (Å²) >= 11 is 0. The van der Waals surface area contributed by atoms with Gasteiger partial charge in [-0.05, 0) is 49.7 Å². The molecule has 2 heterocycles. The Balaban J connectivity index is 1.63. The van der Waals surface area contributed by atoms with Gasteiger partial charge >= 0.3 is 0 Å². The van der Waals surface area contributed by atoms with E-state index in [9.17, 15) is 19.2 Å². The Morgan fingerprint density at radius 2 is 1.86 bits per heavy atom. The van der Waals surface area contributed by atoms with Crippen LogP contribution >= 0.6 is 0 Å². The Hall–Kier alpha value is -3.16. The van der Waals surface area contributed by atoms with Gasteiger partial charge in [0.05, 0.1) is 12.6 Å². The number of para-hydroxylation sites is 1. The zero-order valence-corrected chi connectivity index (χ0v) is 21.1. The standard InChI is InChI=1S/C27H37N3O5/c1-17(2)11-12-25(32)30-13-7-9-20(22(31)16-30)28-26(33)21(14-18(3)4)29-27(34)24-15-19-8-5-6-10-23(19)35-24/h5-6,8,10,15,17-18,20-21H,7,9,11-14,16H2,1-4H3,(H,28,33)(H,29,34)/t20-,21-/m0/s1. The molecular formula is C27H37N3O5. The van der Waals surface area contributed by atoms with E-state index in [2.05, 4.69) is 24.5 Å². The first-order valence-corrected chi connectivity index (χ1v) is 12.5. The second-order valence-electron chi connectivity index (χ2n) is 10.2. The zero-order chi connectivity index (χ0) is 25.5. The fourth-order valence-corrected chi connectivity index (χ4v) is 4.26. The van der Waals surface area contributed by atoms with Crippen molar-refractivity contribution in [3.8, 4) is 0 Å². The van der Waals surface area contributed by atoms with Gasteiger partial charge in [-0.1, -0.05) is 45.9 Å². The average Bonchev–Trinajstić information content (AvgIpc) is 3.16. The van der Waals surface area contributed by atoms with Gasteiger partial charge in [0.15, 0.2) is 11.5 Å². The Kier molecular flexibility index (Phi) is 9.07. The second kappa shape index (κ2) is 12.0. The number of nitrogens with zero attached hydrogens (tertiary/aromatic N) is 1. The molecule has 1 aromatic carbocycles.